The minimum absolute atomic E-state index is 0.326. The summed E-state index contributed by atoms with van der Waals surface area (Å²) in [4.78, 5) is 5.09. The smallest absolute Gasteiger partial charge is 0.146 e. The van der Waals surface area contributed by atoms with Gasteiger partial charge in [-0.25, -0.2) is 4.39 Å². The van der Waals surface area contributed by atoms with Gasteiger partial charge in [-0.3, -0.25) is 4.98 Å². The predicted molar refractivity (Wildman–Crippen MR) is 66.8 cm³/mol. The van der Waals surface area contributed by atoms with Crippen molar-refractivity contribution in [2.24, 2.45) is 5.73 Å². The quantitative estimate of drug-likeness (QED) is 0.945. The molecule has 1 unspecified atom stereocenters. The summed E-state index contributed by atoms with van der Waals surface area (Å²) in [5.41, 5.74) is 6.25. The number of nitrogens with two attached hydrogens (primary N) is 1. The van der Waals surface area contributed by atoms with E-state index in [4.69, 9.17) is 5.73 Å². The van der Waals surface area contributed by atoms with Crippen molar-refractivity contribution in [2.75, 3.05) is 0 Å². The molecule has 0 amide bonds. The molecule has 16 heavy (non-hydrogen) atoms. The number of rotatable bonds is 3. The fourth-order valence-corrected chi connectivity index (χ4v) is 2.96. The maximum absolute atomic E-state index is 13.4. The van der Waals surface area contributed by atoms with E-state index in [0.29, 0.717) is 12.1 Å². The third-order valence-corrected chi connectivity index (χ3v) is 3.90. The Morgan fingerprint density at radius 1 is 1.56 bits per heavy atom. The third-order valence-electron chi connectivity index (χ3n) is 2.18. The van der Waals surface area contributed by atoms with Gasteiger partial charge in [-0.15, -0.1) is 11.3 Å². The Morgan fingerprint density at radius 3 is 3.00 bits per heavy atom. The summed E-state index contributed by atoms with van der Waals surface area (Å²) in [5, 5.41) is 1.98. The summed E-state index contributed by atoms with van der Waals surface area (Å²) in [7, 11) is 0. The fourth-order valence-electron chi connectivity index (χ4n) is 1.45. The molecule has 2 nitrogen and oxygen atoms in total. The Bertz CT molecular complexity index is 486. The molecule has 2 aromatic rings. The molecule has 2 N–H and O–H groups in total. The standard InChI is InChI=1S/C11H10BrFN2S/c12-7-4-8(16-6-7)5-10(14)11-9(13)2-1-3-15-11/h1-4,6,10H,5,14H2. The molecule has 0 saturated heterocycles. The first-order valence-corrected chi connectivity index (χ1v) is 6.43. The zero-order chi connectivity index (χ0) is 11.5. The highest BCUT2D eigenvalue weighted by atomic mass is 79.9. The molecule has 1 atom stereocenters. The number of nitrogens with zero attached hydrogens (tertiary/aromatic N) is 1. The van der Waals surface area contributed by atoms with Gasteiger partial charge in [0.2, 0.25) is 0 Å². The summed E-state index contributed by atoms with van der Waals surface area (Å²) in [6, 6.07) is 4.54. The Balaban J connectivity index is 2.14. The van der Waals surface area contributed by atoms with Crippen molar-refractivity contribution in [2.45, 2.75) is 12.5 Å². The lowest BCUT2D eigenvalue weighted by Crippen LogP contribution is -2.16. The van der Waals surface area contributed by atoms with Crippen LogP contribution in [0.2, 0.25) is 0 Å². The van der Waals surface area contributed by atoms with Crippen LogP contribution in [-0.4, -0.2) is 4.98 Å². The van der Waals surface area contributed by atoms with Crippen LogP contribution in [0.15, 0.2) is 34.2 Å². The molecule has 84 valence electrons. The molecule has 2 aromatic heterocycles. The second-order valence-corrected chi connectivity index (χ2v) is 5.32. The lowest BCUT2D eigenvalue weighted by atomic mass is 10.1. The average Bonchev–Trinajstić information content (AvgIpc) is 2.64. The van der Waals surface area contributed by atoms with E-state index in [1.165, 1.54) is 6.07 Å². The summed E-state index contributed by atoms with van der Waals surface area (Å²) in [6.07, 6.45) is 2.16. The second kappa shape index (κ2) is 5.03. The molecule has 2 rings (SSSR count). The highest BCUT2D eigenvalue weighted by Crippen LogP contribution is 2.24. The molecule has 0 aliphatic carbocycles. The number of pyridine rings is 1. The van der Waals surface area contributed by atoms with Crippen LogP contribution in [0.25, 0.3) is 0 Å². The van der Waals surface area contributed by atoms with Crippen LogP contribution in [0, 0.1) is 5.82 Å². The van der Waals surface area contributed by atoms with Gasteiger partial charge in [0.25, 0.3) is 0 Å². The zero-order valence-electron chi connectivity index (χ0n) is 8.36. The number of aromatic nitrogens is 1. The molecule has 5 heteroatoms. The van der Waals surface area contributed by atoms with E-state index in [1.807, 2.05) is 11.4 Å². The van der Waals surface area contributed by atoms with Gasteiger partial charge in [-0.1, -0.05) is 0 Å². The van der Waals surface area contributed by atoms with Gasteiger partial charge in [-0.2, -0.15) is 0 Å². The van der Waals surface area contributed by atoms with Gasteiger partial charge in [0.1, 0.15) is 5.82 Å². The van der Waals surface area contributed by atoms with E-state index < -0.39 is 6.04 Å². The van der Waals surface area contributed by atoms with Gasteiger partial charge in [0.15, 0.2) is 0 Å². The summed E-state index contributed by atoms with van der Waals surface area (Å²) in [5.74, 6) is -0.342. The molecule has 0 fully saturated rings. The maximum Gasteiger partial charge on any atom is 0.146 e. The van der Waals surface area contributed by atoms with Gasteiger partial charge in [0.05, 0.1) is 11.7 Å². The third kappa shape index (κ3) is 2.66. The minimum Gasteiger partial charge on any atom is -0.322 e. The van der Waals surface area contributed by atoms with Gasteiger partial charge in [0, 0.05) is 27.3 Å². The first kappa shape index (κ1) is 11.7. The highest BCUT2D eigenvalue weighted by molar-refractivity contribution is 9.10. The molecule has 0 aromatic carbocycles. The normalized spacial score (nSPS) is 12.7. The zero-order valence-corrected chi connectivity index (χ0v) is 10.8. The van der Waals surface area contributed by atoms with E-state index in [1.54, 1.807) is 23.6 Å². The first-order valence-electron chi connectivity index (χ1n) is 4.75. The second-order valence-electron chi connectivity index (χ2n) is 3.41. The number of hydrogen-bond donors (Lipinski definition) is 1. The number of thiophene rings is 1. The van der Waals surface area contributed by atoms with E-state index in [-0.39, 0.29) is 5.82 Å². The van der Waals surface area contributed by atoms with E-state index in [2.05, 4.69) is 20.9 Å². The molecule has 0 spiro atoms. The molecule has 2 heterocycles. The monoisotopic (exact) mass is 300 g/mol. The van der Waals surface area contributed by atoms with Crippen molar-refractivity contribution < 1.29 is 4.39 Å². The summed E-state index contributed by atoms with van der Waals surface area (Å²) in [6.45, 7) is 0. The molecule has 0 aliphatic rings. The number of halogens is 2. The Hall–Kier alpha value is -0.780. The van der Waals surface area contributed by atoms with E-state index in [0.717, 1.165) is 9.35 Å². The summed E-state index contributed by atoms with van der Waals surface area (Å²) < 4.78 is 14.4. The summed E-state index contributed by atoms with van der Waals surface area (Å²) >= 11 is 4.97. The van der Waals surface area contributed by atoms with Crippen LogP contribution < -0.4 is 5.73 Å². The highest BCUT2D eigenvalue weighted by Gasteiger charge is 2.13. The van der Waals surface area contributed by atoms with Gasteiger partial charge >= 0.3 is 0 Å². The number of hydrogen-bond acceptors (Lipinski definition) is 3. The molecular formula is C11H10BrFN2S. The van der Waals surface area contributed by atoms with Crippen molar-refractivity contribution in [1.29, 1.82) is 0 Å². The van der Waals surface area contributed by atoms with Crippen LogP contribution in [0.3, 0.4) is 0 Å². The van der Waals surface area contributed by atoms with E-state index >= 15 is 0 Å². The minimum atomic E-state index is -0.397. The van der Waals surface area contributed by atoms with Crippen LogP contribution in [-0.2, 0) is 6.42 Å². The van der Waals surface area contributed by atoms with Crippen molar-refractivity contribution in [3.63, 3.8) is 0 Å². The molecular weight excluding hydrogens is 291 g/mol. The Morgan fingerprint density at radius 2 is 2.38 bits per heavy atom. The SMILES string of the molecule is NC(Cc1cc(Br)cs1)c1ncccc1F. The van der Waals surface area contributed by atoms with Crippen molar-refractivity contribution in [3.05, 3.63) is 50.6 Å². The lowest BCUT2D eigenvalue weighted by molar-refractivity contribution is 0.565. The van der Waals surface area contributed by atoms with Gasteiger partial charge < -0.3 is 5.73 Å². The van der Waals surface area contributed by atoms with Crippen LogP contribution >= 0.6 is 27.3 Å². The predicted octanol–water partition coefficient (Wildman–Crippen LogP) is 3.29. The van der Waals surface area contributed by atoms with Crippen LogP contribution in [0.4, 0.5) is 4.39 Å². The largest absolute Gasteiger partial charge is 0.322 e. The van der Waals surface area contributed by atoms with Crippen molar-refractivity contribution >= 4 is 27.3 Å². The Kier molecular flexibility index (Phi) is 3.68. The first-order chi connectivity index (χ1) is 7.66. The van der Waals surface area contributed by atoms with Crippen molar-refractivity contribution in [3.8, 4) is 0 Å². The van der Waals surface area contributed by atoms with Crippen LogP contribution in [0.1, 0.15) is 16.6 Å². The molecule has 0 bridgehead atoms. The van der Waals surface area contributed by atoms with Crippen molar-refractivity contribution in [1.82, 2.24) is 4.98 Å². The van der Waals surface area contributed by atoms with E-state index in [9.17, 15) is 4.39 Å². The van der Waals surface area contributed by atoms with Crippen LogP contribution in [0.5, 0.6) is 0 Å². The Labute approximate surface area is 105 Å². The van der Waals surface area contributed by atoms with Gasteiger partial charge in [-0.05, 0) is 34.1 Å². The maximum atomic E-state index is 13.4. The molecule has 0 radical (unpaired) electrons. The topological polar surface area (TPSA) is 38.9 Å². The molecule has 0 saturated carbocycles. The lowest BCUT2D eigenvalue weighted by Gasteiger charge is -2.10. The average molecular weight is 301 g/mol. The fraction of sp³-hybridized carbons (Fsp3) is 0.182. The molecule has 0 aliphatic heterocycles.